The predicted molar refractivity (Wildman–Crippen MR) is 137 cm³/mol. The minimum Gasteiger partial charge on any atom is -0.487 e. The SMILES string of the molecule is CC(=O)OC1COc2c1cc(Cl)cc2S(=O)(=O)Nc1ccc(F)c(C#Cc2cnc(N[C@H](C)CO)nc2)c1F. The number of aliphatic hydroxyl groups excluding tert-OH is 1. The van der Waals surface area contributed by atoms with Crippen LogP contribution in [0, 0.1) is 23.5 Å². The zero-order valence-corrected chi connectivity index (χ0v) is 22.0. The molecular weight excluding hydrogens is 558 g/mol. The van der Waals surface area contributed by atoms with Gasteiger partial charge in [-0.25, -0.2) is 27.2 Å². The topological polar surface area (TPSA) is 140 Å². The lowest BCUT2D eigenvalue weighted by atomic mass is 10.1. The number of hydrogen-bond donors (Lipinski definition) is 3. The smallest absolute Gasteiger partial charge is 0.303 e. The number of anilines is 2. The molecule has 0 amide bonds. The van der Waals surface area contributed by atoms with Gasteiger partial charge in [0.15, 0.2) is 11.9 Å². The Morgan fingerprint density at radius 2 is 2.00 bits per heavy atom. The van der Waals surface area contributed by atoms with Crippen LogP contribution in [0.5, 0.6) is 5.75 Å². The van der Waals surface area contributed by atoms with Gasteiger partial charge in [-0.2, -0.15) is 0 Å². The number of hydrogen-bond acceptors (Lipinski definition) is 9. The number of sulfonamides is 1. The number of aromatic nitrogens is 2. The summed E-state index contributed by atoms with van der Waals surface area (Å²) < 4.78 is 68.8. The lowest BCUT2D eigenvalue weighted by molar-refractivity contribution is -0.147. The Balaban J connectivity index is 1.62. The number of ether oxygens (including phenoxy) is 2. The highest BCUT2D eigenvalue weighted by Gasteiger charge is 2.34. The van der Waals surface area contributed by atoms with Crippen LogP contribution >= 0.6 is 11.6 Å². The van der Waals surface area contributed by atoms with Crippen LogP contribution in [0.4, 0.5) is 20.4 Å². The second-order valence-corrected chi connectivity index (χ2v) is 10.5. The summed E-state index contributed by atoms with van der Waals surface area (Å²) in [5.41, 5.74) is -0.791. The maximum Gasteiger partial charge on any atom is 0.303 e. The molecule has 10 nitrogen and oxygen atoms in total. The van der Waals surface area contributed by atoms with Crippen molar-refractivity contribution in [1.82, 2.24) is 9.97 Å². The van der Waals surface area contributed by atoms with Crippen molar-refractivity contribution in [2.24, 2.45) is 0 Å². The Labute approximate surface area is 227 Å². The van der Waals surface area contributed by atoms with Crippen LogP contribution in [0.1, 0.15) is 36.6 Å². The summed E-state index contributed by atoms with van der Waals surface area (Å²) in [6.07, 6.45) is 1.76. The maximum absolute atomic E-state index is 15.2. The number of halogens is 3. The van der Waals surface area contributed by atoms with E-state index >= 15 is 4.39 Å². The Morgan fingerprint density at radius 1 is 1.28 bits per heavy atom. The summed E-state index contributed by atoms with van der Waals surface area (Å²) >= 11 is 6.10. The Kier molecular flexibility index (Phi) is 8.19. The van der Waals surface area contributed by atoms with Gasteiger partial charge in [0.2, 0.25) is 5.95 Å². The van der Waals surface area contributed by atoms with Crippen LogP contribution < -0.4 is 14.8 Å². The quantitative estimate of drug-likeness (QED) is 0.284. The molecule has 1 aromatic heterocycles. The summed E-state index contributed by atoms with van der Waals surface area (Å²) in [5.74, 6) is 2.13. The number of nitrogens with one attached hydrogen (secondary N) is 2. The van der Waals surface area contributed by atoms with E-state index in [1.807, 2.05) is 0 Å². The van der Waals surface area contributed by atoms with Gasteiger partial charge < -0.3 is 19.9 Å². The summed E-state index contributed by atoms with van der Waals surface area (Å²) in [7, 11) is -4.50. The molecule has 1 unspecified atom stereocenters. The second-order valence-electron chi connectivity index (χ2n) is 8.39. The molecule has 0 saturated carbocycles. The minimum atomic E-state index is -4.50. The van der Waals surface area contributed by atoms with Crippen molar-refractivity contribution in [3.05, 3.63) is 70.0 Å². The Morgan fingerprint density at radius 3 is 2.67 bits per heavy atom. The van der Waals surface area contributed by atoms with Crippen LogP contribution in [0.2, 0.25) is 5.02 Å². The molecule has 2 heterocycles. The van der Waals surface area contributed by atoms with E-state index in [0.29, 0.717) is 0 Å². The highest BCUT2D eigenvalue weighted by Crippen LogP contribution is 2.42. The largest absolute Gasteiger partial charge is 0.487 e. The van der Waals surface area contributed by atoms with Gasteiger partial charge in [0, 0.05) is 35.9 Å². The van der Waals surface area contributed by atoms with Crippen molar-refractivity contribution >= 4 is 39.2 Å². The van der Waals surface area contributed by atoms with Crippen molar-refractivity contribution in [1.29, 1.82) is 0 Å². The van der Waals surface area contributed by atoms with E-state index in [1.165, 1.54) is 25.4 Å². The van der Waals surface area contributed by atoms with Gasteiger partial charge in [-0.3, -0.25) is 9.52 Å². The molecule has 0 bridgehead atoms. The molecule has 14 heteroatoms. The predicted octanol–water partition coefficient (Wildman–Crippen LogP) is 3.40. The molecule has 0 radical (unpaired) electrons. The molecule has 204 valence electrons. The van der Waals surface area contributed by atoms with Crippen LogP contribution in [-0.2, 0) is 19.6 Å². The zero-order valence-electron chi connectivity index (χ0n) is 20.5. The molecule has 2 atom stereocenters. The molecule has 0 spiro atoms. The fraction of sp³-hybridized carbons (Fsp3) is 0.240. The summed E-state index contributed by atoms with van der Waals surface area (Å²) in [6.45, 7) is 2.64. The van der Waals surface area contributed by atoms with E-state index in [0.717, 1.165) is 18.2 Å². The fourth-order valence-electron chi connectivity index (χ4n) is 3.54. The van der Waals surface area contributed by atoms with Crippen molar-refractivity contribution in [3.63, 3.8) is 0 Å². The number of carbonyl (C=O) groups is 1. The van der Waals surface area contributed by atoms with Crippen molar-refractivity contribution in [2.45, 2.75) is 30.9 Å². The third-order valence-corrected chi connectivity index (χ3v) is 6.93. The normalized spacial score (nSPS) is 14.9. The van der Waals surface area contributed by atoms with E-state index in [4.69, 9.17) is 26.2 Å². The highest BCUT2D eigenvalue weighted by atomic mass is 35.5. The summed E-state index contributed by atoms with van der Waals surface area (Å²) in [4.78, 5) is 19.0. The van der Waals surface area contributed by atoms with Crippen molar-refractivity contribution in [3.8, 4) is 17.6 Å². The molecule has 0 saturated heterocycles. The van der Waals surface area contributed by atoms with E-state index < -0.39 is 49.9 Å². The van der Waals surface area contributed by atoms with Gasteiger partial charge in [0.05, 0.1) is 23.4 Å². The van der Waals surface area contributed by atoms with Crippen molar-refractivity contribution in [2.75, 3.05) is 23.3 Å². The average molecular weight is 579 g/mol. The van der Waals surface area contributed by atoms with E-state index in [9.17, 15) is 17.6 Å². The summed E-state index contributed by atoms with van der Waals surface area (Å²) in [6, 6.07) is 3.99. The van der Waals surface area contributed by atoms with Crippen LogP contribution in [-0.4, -0.2) is 48.7 Å². The Bertz CT molecular complexity index is 1590. The number of fused-ring (bicyclic) bond motifs is 1. The third-order valence-electron chi connectivity index (χ3n) is 5.34. The molecule has 3 aromatic rings. The van der Waals surface area contributed by atoms with Gasteiger partial charge in [0.25, 0.3) is 10.0 Å². The van der Waals surface area contributed by atoms with E-state index in [2.05, 4.69) is 31.8 Å². The fourth-order valence-corrected chi connectivity index (χ4v) is 5.09. The number of nitrogens with zero attached hydrogens (tertiary/aromatic N) is 2. The number of carbonyl (C=O) groups excluding carboxylic acids is 1. The number of rotatable bonds is 7. The first-order valence-corrected chi connectivity index (χ1v) is 13.2. The molecule has 2 aromatic carbocycles. The monoisotopic (exact) mass is 578 g/mol. The van der Waals surface area contributed by atoms with Crippen LogP contribution in [0.25, 0.3) is 0 Å². The van der Waals surface area contributed by atoms with Crippen molar-refractivity contribution < 1.29 is 36.6 Å². The molecule has 1 aliphatic heterocycles. The molecule has 3 N–H and O–H groups in total. The number of esters is 1. The van der Waals surface area contributed by atoms with Gasteiger partial charge >= 0.3 is 5.97 Å². The lowest BCUT2D eigenvalue weighted by Gasteiger charge is -2.14. The zero-order chi connectivity index (χ0) is 28.3. The first-order valence-electron chi connectivity index (χ1n) is 11.3. The molecule has 1 aliphatic rings. The van der Waals surface area contributed by atoms with Crippen LogP contribution in [0.15, 0.2) is 41.6 Å². The van der Waals surface area contributed by atoms with Gasteiger partial charge in [-0.1, -0.05) is 23.4 Å². The van der Waals surface area contributed by atoms with E-state index in [1.54, 1.807) is 6.92 Å². The Hall–Kier alpha value is -3.99. The molecule has 39 heavy (non-hydrogen) atoms. The minimum absolute atomic E-state index is 0.0113. The second kappa shape index (κ2) is 11.4. The number of aliphatic hydroxyl groups is 1. The van der Waals surface area contributed by atoms with Crippen LogP contribution in [0.3, 0.4) is 0 Å². The van der Waals surface area contributed by atoms with Gasteiger partial charge in [-0.15, -0.1) is 0 Å². The standard InChI is InChI=1S/C25H21ClF2N4O6S/c1-13(11-33)31-25-29-9-15(10-30-25)3-4-17-19(27)5-6-20(23(17)28)32-39(35,36)22-8-16(26)7-18-21(38-14(2)34)12-37-24(18)22/h5-10,13,21,32-33H,11-12H2,1-2H3,(H,29,30,31)/t13-,21?/m1/s1. The first-order chi connectivity index (χ1) is 18.5. The molecular formula is C25H21ClF2N4O6S. The molecule has 0 fully saturated rings. The maximum atomic E-state index is 15.2. The average Bonchev–Trinajstić information content (AvgIpc) is 3.27. The summed E-state index contributed by atoms with van der Waals surface area (Å²) in [5, 5.41) is 11.9. The van der Waals surface area contributed by atoms with E-state index in [-0.39, 0.29) is 47.1 Å². The first kappa shape index (κ1) is 28.0. The molecule has 0 aliphatic carbocycles. The molecule has 4 rings (SSSR count). The third kappa shape index (κ3) is 6.36. The lowest BCUT2D eigenvalue weighted by Crippen LogP contribution is -2.20. The number of benzene rings is 2. The highest BCUT2D eigenvalue weighted by molar-refractivity contribution is 7.92. The van der Waals surface area contributed by atoms with Gasteiger partial charge in [-0.05, 0) is 31.2 Å². The van der Waals surface area contributed by atoms with Gasteiger partial charge in [0.1, 0.15) is 23.1 Å².